The molecule has 0 aliphatic heterocycles. The van der Waals surface area contributed by atoms with E-state index in [-0.39, 0.29) is 28.5 Å². The van der Waals surface area contributed by atoms with E-state index in [2.05, 4.69) is 26.0 Å². The van der Waals surface area contributed by atoms with E-state index in [0.717, 1.165) is 6.07 Å². The average Bonchev–Trinajstić information content (AvgIpc) is 3.85. The molecule has 3 heterocycles. The summed E-state index contributed by atoms with van der Waals surface area (Å²) in [7, 11) is 1.56. The number of carbonyl (C=O) groups is 4. The maximum absolute atomic E-state index is 14.4. The number of allylic oxidation sites excluding steroid dienone is 5. The lowest BCUT2D eigenvalue weighted by Crippen LogP contribution is -2.07. The van der Waals surface area contributed by atoms with Crippen LogP contribution in [0.2, 0.25) is 5.15 Å². The third-order valence-corrected chi connectivity index (χ3v) is 6.92. The van der Waals surface area contributed by atoms with Crippen LogP contribution in [0, 0.1) is 5.82 Å². The van der Waals surface area contributed by atoms with Crippen LogP contribution in [0.15, 0.2) is 85.6 Å². The van der Waals surface area contributed by atoms with Crippen molar-refractivity contribution in [2.45, 2.75) is 19.3 Å². The van der Waals surface area contributed by atoms with Gasteiger partial charge in [0.25, 0.3) is 0 Å². The molecule has 0 unspecified atom stereocenters. The zero-order valence-corrected chi connectivity index (χ0v) is 27.9. The van der Waals surface area contributed by atoms with Gasteiger partial charge in [-0.1, -0.05) is 23.8 Å². The van der Waals surface area contributed by atoms with Gasteiger partial charge in [-0.2, -0.15) is 0 Å². The predicted octanol–water partition coefficient (Wildman–Crippen LogP) is 2.94. The number of carbonyl (C=O) groups excluding carboxylic acids is 2. The zero-order valence-electron chi connectivity index (χ0n) is 27.2. The molecule has 0 saturated carbocycles. The van der Waals surface area contributed by atoms with Gasteiger partial charge in [0, 0.05) is 43.1 Å². The fraction of sp³-hybridized carbons (Fsp3) is 0.121. The van der Waals surface area contributed by atoms with Crippen molar-refractivity contribution in [2.75, 3.05) is 12.4 Å². The zero-order chi connectivity index (χ0) is 37.9. The molecular formula is C33H36ClFN10O6. The number of hydrogen-bond donors (Lipinski definition) is 7. The number of nitrogens with two attached hydrogens (primary N) is 4. The van der Waals surface area contributed by atoms with Gasteiger partial charge in [-0.3, -0.25) is 18.7 Å². The molecular weight excluding hydrogens is 687 g/mol. The van der Waals surface area contributed by atoms with E-state index >= 15 is 0 Å². The molecule has 16 nitrogen and oxygen atoms in total. The summed E-state index contributed by atoms with van der Waals surface area (Å²) < 4.78 is 17.6. The molecule has 0 spiro atoms. The van der Waals surface area contributed by atoms with Gasteiger partial charge in [0.15, 0.2) is 12.0 Å². The van der Waals surface area contributed by atoms with Crippen molar-refractivity contribution < 1.29 is 33.8 Å². The van der Waals surface area contributed by atoms with Crippen molar-refractivity contribution in [3.05, 3.63) is 125 Å². The Morgan fingerprint density at radius 2 is 1.51 bits per heavy atom. The molecule has 3 aromatic heterocycles. The number of aryl methyl sites for hydroxylation is 2. The SMILES string of the molecule is CNc1cc(CCCc2cc(/C=C/C=C(\N)n3ccnc3)c(C(=O)O)nc2Cl)c(F)cc1C(=O)O.N/C(C=O)=C\C=C(/N)n1ccnc1.NC=O. The second-order valence-electron chi connectivity index (χ2n) is 9.98. The molecule has 0 aliphatic carbocycles. The van der Waals surface area contributed by atoms with Gasteiger partial charge < -0.3 is 38.5 Å². The van der Waals surface area contributed by atoms with Gasteiger partial charge in [-0.05, 0) is 66.8 Å². The smallest absolute Gasteiger partial charge is 0.355 e. The summed E-state index contributed by atoms with van der Waals surface area (Å²) in [5, 5.41) is 21.5. The van der Waals surface area contributed by atoms with Gasteiger partial charge in [0.05, 0.1) is 11.3 Å². The number of imidazole rings is 2. The third kappa shape index (κ3) is 12.7. The van der Waals surface area contributed by atoms with Crippen molar-refractivity contribution in [1.29, 1.82) is 0 Å². The van der Waals surface area contributed by atoms with Crippen molar-refractivity contribution >= 4 is 59.6 Å². The number of anilines is 1. The highest BCUT2D eigenvalue weighted by Gasteiger charge is 2.17. The predicted molar refractivity (Wildman–Crippen MR) is 190 cm³/mol. The first-order valence-corrected chi connectivity index (χ1v) is 15.0. The lowest BCUT2D eigenvalue weighted by Gasteiger charge is -2.11. The molecule has 4 aromatic rings. The van der Waals surface area contributed by atoms with Gasteiger partial charge in [0.1, 0.15) is 35.3 Å². The number of aromatic nitrogens is 5. The maximum atomic E-state index is 14.4. The van der Waals surface area contributed by atoms with Crippen LogP contribution in [-0.2, 0) is 22.4 Å². The number of carboxylic acid groups (broad SMARTS) is 2. The van der Waals surface area contributed by atoms with E-state index in [9.17, 15) is 29.0 Å². The molecule has 0 radical (unpaired) electrons. The van der Waals surface area contributed by atoms with Crippen molar-refractivity contribution in [2.24, 2.45) is 22.9 Å². The number of pyridine rings is 1. The average molecular weight is 723 g/mol. The minimum Gasteiger partial charge on any atom is -0.478 e. The number of nitrogens with one attached hydrogen (secondary N) is 1. The normalized spacial score (nSPS) is 11.5. The number of nitrogens with zero attached hydrogens (tertiary/aromatic N) is 5. The Morgan fingerprint density at radius 3 is 2.02 bits per heavy atom. The molecule has 11 N–H and O–H groups in total. The van der Waals surface area contributed by atoms with Crippen LogP contribution in [0.25, 0.3) is 17.7 Å². The summed E-state index contributed by atoms with van der Waals surface area (Å²) in [6.07, 6.45) is 19.3. The fourth-order valence-corrected chi connectivity index (χ4v) is 4.39. The standard InChI is InChI=1S/C24H23ClFN5O4.C8H10N4O.CH3NO/c1-28-19-11-14(18(26)12-17(19)23(32)33)4-2-6-16-10-15(21(24(34)35)30-22(16)25)5-3-7-20(27)31-9-8-29-13-31;9-7(5-13)1-2-8(10)12-4-3-11-6-12;2-1-3/h3,5,7-13,28H,2,4,6,27H2,1H3,(H,32,33)(H,34,35);1-6H,9-10H2;1H,(H2,2,3)/b5-3+,20-7+;7-1-,8-2+;. The Morgan fingerprint density at radius 1 is 0.922 bits per heavy atom. The van der Waals surface area contributed by atoms with Gasteiger partial charge in [0.2, 0.25) is 6.41 Å². The second kappa shape index (κ2) is 20.6. The number of aromatic carboxylic acids is 2. The maximum Gasteiger partial charge on any atom is 0.355 e. The largest absolute Gasteiger partial charge is 0.478 e. The first-order chi connectivity index (χ1) is 24.4. The van der Waals surface area contributed by atoms with Crippen LogP contribution in [-0.4, -0.2) is 66.0 Å². The van der Waals surface area contributed by atoms with E-state index in [0.29, 0.717) is 59.6 Å². The molecule has 0 bridgehead atoms. The summed E-state index contributed by atoms with van der Waals surface area (Å²) in [5.74, 6) is -2.24. The Labute approximate surface area is 296 Å². The Kier molecular flexibility index (Phi) is 16.3. The molecule has 1 aromatic carbocycles. The van der Waals surface area contributed by atoms with Crippen LogP contribution >= 0.6 is 11.6 Å². The Hall–Kier alpha value is -6.75. The molecule has 0 atom stereocenters. The molecule has 4 rings (SSSR count). The number of primary amides is 1. The number of halogens is 2. The van der Waals surface area contributed by atoms with Crippen molar-refractivity contribution in [3.8, 4) is 0 Å². The molecule has 0 aliphatic rings. The topological polar surface area (TPSA) is 273 Å². The summed E-state index contributed by atoms with van der Waals surface area (Å²) in [5.41, 5.74) is 22.3. The second-order valence-corrected chi connectivity index (χ2v) is 10.3. The summed E-state index contributed by atoms with van der Waals surface area (Å²) in [6, 6.07) is 4.09. The first-order valence-electron chi connectivity index (χ1n) is 14.7. The molecule has 1 amide bonds. The van der Waals surface area contributed by atoms with E-state index in [1.54, 1.807) is 71.6 Å². The fourth-order valence-electron chi connectivity index (χ4n) is 4.15. The monoisotopic (exact) mass is 722 g/mol. The van der Waals surface area contributed by atoms with E-state index < -0.39 is 17.8 Å². The van der Waals surface area contributed by atoms with E-state index in [1.807, 2.05) is 0 Å². The molecule has 0 saturated heterocycles. The van der Waals surface area contributed by atoms with E-state index in [4.69, 9.17) is 33.6 Å². The number of aldehydes is 1. The molecule has 268 valence electrons. The third-order valence-electron chi connectivity index (χ3n) is 6.59. The van der Waals surface area contributed by atoms with Gasteiger partial charge in [-0.15, -0.1) is 0 Å². The Bertz CT molecular complexity index is 1920. The van der Waals surface area contributed by atoms with Crippen LogP contribution in [0.5, 0.6) is 0 Å². The minimum absolute atomic E-state index is 0.0469. The highest BCUT2D eigenvalue weighted by molar-refractivity contribution is 6.30. The number of rotatable bonds is 13. The lowest BCUT2D eigenvalue weighted by molar-refractivity contribution is -0.107. The van der Waals surface area contributed by atoms with Crippen molar-refractivity contribution in [3.63, 3.8) is 0 Å². The van der Waals surface area contributed by atoms with Crippen molar-refractivity contribution in [1.82, 2.24) is 24.1 Å². The summed E-state index contributed by atoms with van der Waals surface area (Å²) in [6.45, 7) is 0. The van der Waals surface area contributed by atoms with Gasteiger partial charge >= 0.3 is 11.9 Å². The molecule has 51 heavy (non-hydrogen) atoms. The summed E-state index contributed by atoms with van der Waals surface area (Å²) in [4.78, 5) is 53.4. The van der Waals surface area contributed by atoms with Crippen LogP contribution in [0.4, 0.5) is 10.1 Å². The first kappa shape index (κ1) is 40.4. The Balaban J connectivity index is 0.000000467. The molecule has 0 fully saturated rings. The molecule has 18 heteroatoms. The highest BCUT2D eigenvalue weighted by atomic mass is 35.5. The van der Waals surface area contributed by atoms with Gasteiger partial charge in [-0.25, -0.2) is 28.9 Å². The number of amides is 1. The highest BCUT2D eigenvalue weighted by Crippen LogP contribution is 2.25. The number of benzene rings is 1. The quantitative estimate of drug-likeness (QED) is 0.0453. The lowest BCUT2D eigenvalue weighted by atomic mass is 10.0. The number of hydrogen-bond acceptors (Lipinski definition) is 11. The van der Waals surface area contributed by atoms with Crippen LogP contribution in [0.3, 0.4) is 0 Å². The minimum atomic E-state index is -1.23. The van der Waals surface area contributed by atoms with E-state index in [1.165, 1.54) is 24.5 Å². The number of carboxylic acids is 2. The van der Waals surface area contributed by atoms with Crippen LogP contribution in [0.1, 0.15) is 44.0 Å². The van der Waals surface area contributed by atoms with Crippen LogP contribution < -0.4 is 28.3 Å². The summed E-state index contributed by atoms with van der Waals surface area (Å²) >= 11 is 6.22.